The van der Waals surface area contributed by atoms with Crippen LogP contribution in [0.3, 0.4) is 0 Å². The van der Waals surface area contributed by atoms with Gasteiger partial charge in [0.05, 0.1) is 41.1 Å². The van der Waals surface area contributed by atoms with Crippen LogP contribution in [0.15, 0.2) is 115 Å². The molecule has 0 radical (unpaired) electrons. The zero-order valence-electron chi connectivity index (χ0n) is 46.0. The molecule has 0 fully saturated rings. The number of hydrogen-bond donors (Lipinski definition) is 0. The molecular formula is C66H79NO8S2. The number of unbranched alkanes of at least 4 members (excludes halogenated alkanes) is 12. The molecule has 0 saturated heterocycles. The van der Waals surface area contributed by atoms with Crippen LogP contribution in [0.25, 0.3) is 42.4 Å². The molecule has 0 atom stereocenters. The molecule has 0 aliphatic carbocycles. The Morgan fingerprint density at radius 2 is 0.792 bits per heavy atom. The van der Waals surface area contributed by atoms with Crippen LogP contribution in [0, 0.1) is 0 Å². The van der Waals surface area contributed by atoms with Gasteiger partial charge in [0.1, 0.15) is 49.4 Å². The number of nitrogens with zero attached hydrogens (tertiary/aromatic N) is 1. The van der Waals surface area contributed by atoms with Crippen molar-refractivity contribution < 1.29 is 37.9 Å². The van der Waals surface area contributed by atoms with Crippen molar-refractivity contribution in [3.63, 3.8) is 0 Å². The first kappa shape index (κ1) is 55.5. The summed E-state index contributed by atoms with van der Waals surface area (Å²) in [5, 5.41) is 2.02. The fourth-order valence-corrected chi connectivity index (χ4v) is 12.1. The first-order valence-corrected chi connectivity index (χ1v) is 30.5. The second-order valence-corrected chi connectivity index (χ2v) is 21.9. The number of fused-ring (bicyclic) bond motifs is 2. The van der Waals surface area contributed by atoms with Crippen molar-refractivity contribution in [3.05, 3.63) is 115 Å². The largest absolute Gasteiger partial charge is 0.493 e. The van der Waals surface area contributed by atoms with Gasteiger partial charge in [-0.25, -0.2) is 0 Å². The molecule has 9 nitrogen and oxygen atoms in total. The van der Waals surface area contributed by atoms with E-state index in [2.05, 4.69) is 142 Å². The summed E-state index contributed by atoms with van der Waals surface area (Å²) in [5.41, 5.74) is 8.38. The third-order valence-corrected chi connectivity index (χ3v) is 16.4. The van der Waals surface area contributed by atoms with Crippen LogP contribution in [0.4, 0.5) is 17.1 Å². The molecule has 408 valence electrons. The van der Waals surface area contributed by atoms with E-state index in [1.807, 2.05) is 5.38 Å². The van der Waals surface area contributed by atoms with E-state index in [9.17, 15) is 0 Å². The molecule has 77 heavy (non-hydrogen) atoms. The average molecular weight is 1080 g/mol. The van der Waals surface area contributed by atoms with Crippen LogP contribution in [-0.4, -0.2) is 52.9 Å². The number of benzene rings is 5. The number of ether oxygens (including phenoxy) is 8. The third kappa shape index (κ3) is 14.4. The zero-order chi connectivity index (χ0) is 53.0. The van der Waals surface area contributed by atoms with Crippen LogP contribution in [0.1, 0.15) is 130 Å². The Bertz CT molecular complexity index is 2770. The van der Waals surface area contributed by atoms with Gasteiger partial charge >= 0.3 is 0 Å². The lowest BCUT2D eigenvalue weighted by molar-refractivity contribution is 0.172. The van der Waals surface area contributed by atoms with Crippen molar-refractivity contribution in [2.45, 2.75) is 130 Å². The third-order valence-electron chi connectivity index (χ3n) is 14.1. The van der Waals surface area contributed by atoms with Crippen LogP contribution < -0.4 is 42.8 Å². The first-order chi connectivity index (χ1) is 38.1. The molecular weight excluding hydrogens is 999 g/mol. The monoisotopic (exact) mass is 1080 g/mol. The molecule has 2 aliphatic heterocycles. The quantitative estimate of drug-likeness (QED) is 0.0395. The normalized spacial score (nSPS) is 12.6. The van der Waals surface area contributed by atoms with Gasteiger partial charge in [0.25, 0.3) is 0 Å². The molecule has 2 aliphatic rings. The van der Waals surface area contributed by atoms with E-state index >= 15 is 0 Å². The molecule has 2 aromatic heterocycles. The molecule has 0 saturated carbocycles. The molecule has 0 amide bonds. The molecule has 0 unspecified atom stereocenters. The minimum atomic E-state index is 0.490. The van der Waals surface area contributed by atoms with Gasteiger partial charge in [0.2, 0.25) is 0 Å². The topological polar surface area (TPSA) is 77.1 Å². The summed E-state index contributed by atoms with van der Waals surface area (Å²) in [6, 6.07) is 39.1. The number of rotatable bonds is 31. The average Bonchev–Trinajstić information content (AvgIpc) is 4.16. The van der Waals surface area contributed by atoms with Crippen LogP contribution >= 0.6 is 22.7 Å². The summed E-state index contributed by atoms with van der Waals surface area (Å²) < 4.78 is 50.4. The summed E-state index contributed by atoms with van der Waals surface area (Å²) in [6.07, 6.45) is 18.5. The standard InChI is InChI=1S/C66H79NO8S2/c1-5-9-13-17-37-68-54-33-35-56(58(45-54)70-39-19-15-11-7-3)48-21-27-51(28-22-48)67(52-29-23-49(24-30-52)57-36-34-55(69-38-18-14-10-6-2)46-59(57)71-40-20-16-12-8-4)53-31-25-50(26-32-53)64-62-63(75-44-43-74-62)66(77-64)65-61-60(47-76-65)72-41-42-73-61/h21-36,45-47H,5-20,37-44H2,1-4H3. The maximum atomic E-state index is 6.57. The van der Waals surface area contributed by atoms with E-state index in [0.717, 1.165) is 144 Å². The highest BCUT2D eigenvalue weighted by Gasteiger charge is 2.31. The van der Waals surface area contributed by atoms with Gasteiger partial charge in [-0.2, -0.15) is 0 Å². The molecule has 0 bridgehead atoms. The Morgan fingerprint density at radius 3 is 1.25 bits per heavy atom. The van der Waals surface area contributed by atoms with Gasteiger partial charge < -0.3 is 42.8 Å². The zero-order valence-corrected chi connectivity index (χ0v) is 47.6. The number of hydrogen-bond acceptors (Lipinski definition) is 11. The lowest BCUT2D eigenvalue weighted by Gasteiger charge is -2.26. The first-order valence-electron chi connectivity index (χ1n) is 28.8. The van der Waals surface area contributed by atoms with E-state index in [4.69, 9.17) is 37.9 Å². The SMILES string of the molecule is CCCCCCOc1ccc(-c2ccc(N(c3ccc(-c4ccc(OCCCCCC)cc4OCCCCCC)cc3)c3ccc(-c4sc(-c5scc6c5OCCO6)c5c4OCCO5)cc3)cc2)c(OCCCCCC)c1. The Balaban J connectivity index is 1.04. The van der Waals surface area contributed by atoms with Crippen molar-refractivity contribution in [1.82, 2.24) is 0 Å². The second kappa shape index (κ2) is 28.9. The summed E-state index contributed by atoms with van der Waals surface area (Å²) in [5.74, 6) is 6.52. The van der Waals surface area contributed by atoms with Crippen molar-refractivity contribution in [3.8, 4) is 88.4 Å². The Morgan fingerprint density at radius 1 is 0.390 bits per heavy atom. The summed E-state index contributed by atoms with van der Waals surface area (Å²) >= 11 is 3.29. The summed E-state index contributed by atoms with van der Waals surface area (Å²) in [6.45, 7) is 13.8. The predicted molar refractivity (Wildman–Crippen MR) is 319 cm³/mol. The van der Waals surface area contributed by atoms with Gasteiger partial charge in [-0.15, -0.1) is 22.7 Å². The highest BCUT2D eigenvalue weighted by molar-refractivity contribution is 7.24. The van der Waals surface area contributed by atoms with Gasteiger partial charge in [-0.3, -0.25) is 0 Å². The van der Waals surface area contributed by atoms with Crippen molar-refractivity contribution in [2.75, 3.05) is 57.8 Å². The van der Waals surface area contributed by atoms with Gasteiger partial charge in [0.15, 0.2) is 23.0 Å². The van der Waals surface area contributed by atoms with Gasteiger partial charge in [0, 0.05) is 45.7 Å². The highest BCUT2D eigenvalue weighted by Crippen LogP contribution is 2.58. The fourth-order valence-electron chi connectivity index (χ4n) is 9.86. The lowest BCUT2D eigenvalue weighted by atomic mass is 10.0. The molecule has 4 heterocycles. The molecule has 7 aromatic rings. The smallest absolute Gasteiger partial charge is 0.181 e. The Hall–Kier alpha value is -6.30. The van der Waals surface area contributed by atoms with Gasteiger partial charge in [-0.05, 0) is 103 Å². The fraction of sp³-hybridized carbons (Fsp3) is 0.424. The van der Waals surface area contributed by atoms with E-state index in [1.165, 1.54) is 64.2 Å². The minimum Gasteiger partial charge on any atom is -0.493 e. The molecule has 0 N–H and O–H groups in total. The number of anilines is 3. The summed E-state index contributed by atoms with van der Waals surface area (Å²) in [7, 11) is 0. The van der Waals surface area contributed by atoms with Crippen molar-refractivity contribution >= 4 is 39.7 Å². The predicted octanol–water partition coefficient (Wildman–Crippen LogP) is 19.3. The number of thiophene rings is 2. The maximum Gasteiger partial charge on any atom is 0.181 e. The molecule has 5 aromatic carbocycles. The van der Waals surface area contributed by atoms with Crippen LogP contribution in [0.2, 0.25) is 0 Å². The second-order valence-electron chi connectivity index (χ2n) is 20.0. The van der Waals surface area contributed by atoms with E-state index in [-0.39, 0.29) is 0 Å². The van der Waals surface area contributed by atoms with Crippen LogP contribution in [0.5, 0.6) is 46.0 Å². The Kier molecular flexibility index (Phi) is 20.8. The van der Waals surface area contributed by atoms with Gasteiger partial charge in [-0.1, -0.05) is 141 Å². The highest BCUT2D eigenvalue weighted by atomic mass is 32.1. The summed E-state index contributed by atoms with van der Waals surface area (Å²) in [4.78, 5) is 5.35. The molecule has 11 heteroatoms. The van der Waals surface area contributed by atoms with Crippen molar-refractivity contribution in [2.24, 2.45) is 0 Å². The minimum absolute atomic E-state index is 0.490. The lowest BCUT2D eigenvalue weighted by Crippen LogP contribution is -2.15. The van der Waals surface area contributed by atoms with E-state index in [1.54, 1.807) is 22.7 Å². The van der Waals surface area contributed by atoms with E-state index < -0.39 is 0 Å². The molecule has 0 spiro atoms. The van der Waals surface area contributed by atoms with Crippen LogP contribution in [-0.2, 0) is 0 Å². The van der Waals surface area contributed by atoms with E-state index in [0.29, 0.717) is 52.9 Å². The maximum absolute atomic E-state index is 6.57. The molecule has 9 rings (SSSR count). The van der Waals surface area contributed by atoms with Crippen molar-refractivity contribution in [1.29, 1.82) is 0 Å². The Labute approximate surface area is 466 Å².